The number of thioether (sulfide) groups is 1. The van der Waals surface area contributed by atoms with Gasteiger partial charge in [-0.05, 0) is 25.0 Å². The Hall–Kier alpha value is -1.18. The van der Waals surface area contributed by atoms with Crippen LogP contribution >= 0.6 is 23.1 Å². The van der Waals surface area contributed by atoms with Crippen LogP contribution in [0.4, 0.5) is 5.13 Å². The number of ether oxygens (including phenoxy) is 1. The average molecular weight is 334 g/mol. The first kappa shape index (κ1) is 14.4. The van der Waals surface area contributed by atoms with Gasteiger partial charge in [0.2, 0.25) is 5.13 Å². The lowest BCUT2D eigenvalue weighted by Gasteiger charge is -2.47. The van der Waals surface area contributed by atoms with E-state index in [0.29, 0.717) is 17.5 Å². The summed E-state index contributed by atoms with van der Waals surface area (Å²) in [6.07, 6.45) is 5.15. The number of anilines is 1. The Bertz CT molecular complexity index is 642. The van der Waals surface area contributed by atoms with E-state index in [1.165, 1.54) is 0 Å². The first-order valence-electron chi connectivity index (χ1n) is 7.42. The Labute approximate surface area is 138 Å². The van der Waals surface area contributed by atoms with Gasteiger partial charge < -0.3 is 9.64 Å². The van der Waals surface area contributed by atoms with Crippen molar-refractivity contribution in [2.24, 2.45) is 0 Å². The maximum Gasteiger partial charge on any atom is 0.208 e. The van der Waals surface area contributed by atoms with Crippen LogP contribution in [0.25, 0.3) is 0 Å². The van der Waals surface area contributed by atoms with E-state index < -0.39 is 0 Å². The zero-order valence-electron chi connectivity index (χ0n) is 12.4. The first-order valence-corrected chi connectivity index (χ1v) is 9.22. The number of hydrogen-bond donors (Lipinski definition) is 0. The summed E-state index contributed by atoms with van der Waals surface area (Å²) >= 11 is 3.73. The third kappa shape index (κ3) is 2.85. The van der Waals surface area contributed by atoms with Crippen LogP contribution in [0.2, 0.25) is 0 Å². The van der Waals surface area contributed by atoms with Crippen LogP contribution in [-0.2, 0) is 11.3 Å². The van der Waals surface area contributed by atoms with E-state index in [0.717, 1.165) is 41.0 Å². The van der Waals surface area contributed by atoms with Crippen molar-refractivity contribution in [2.75, 3.05) is 23.7 Å². The Kier molecular flexibility index (Phi) is 3.79. The minimum Gasteiger partial charge on any atom is -0.373 e. The smallest absolute Gasteiger partial charge is 0.208 e. The second-order valence-electron chi connectivity index (χ2n) is 5.95. The highest BCUT2D eigenvalue weighted by molar-refractivity contribution is 8.01. The fourth-order valence-corrected chi connectivity index (χ4v) is 5.26. The van der Waals surface area contributed by atoms with Crippen molar-refractivity contribution in [1.82, 2.24) is 15.2 Å². The van der Waals surface area contributed by atoms with Crippen molar-refractivity contribution >= 4 is 28.2 Å². The SMILES string of the molecule is Cc1nnc(N2CC3(C[C@H](OCc4cccnc4)CS3)C2)s1. The number of nitrogens with zero attached hydrogens (tertiary/aromatic N) is 4. The van der Waals surface area contributed by atoms with Crippen LogP contribution in [0.5, 0.6) is 0 Å². The first-order chi connectivity index (χ1) is 10.7. The summed E-state index contributed by atoms with van der Waals surface area (Å²) in [5.74, 6) is 1.09. The molecule has 0 radical (unpaired) electrons. The molecule has 2 aromatic rings. The van der Waals surface area contributed by atoms with Gasteiger partial charge in [0.25, 0.3) is 0 Å². The lowest BCUT2D eigenvalue weighted by Crippen LogP contribution is -2.59. The Morgan fingerprint density at radius 2 is 2.32 bits per heavy atom. The number of aromatic nitrogens is 3. The average Bonchev–Trinajstić information content (AvgIpc) is 3.11. The minimum atomic E-state index is 0.350. The van der Waals surface area contributed by atoms with Gasteiger partial charge in [-0.2, -0.15) is 0 Å². The van der Waals surface area contributed by atoms with Crippen molar-refractivity contribution in [3.05, 3.63) is 35.1 Å². The molecule has 22 heavy (non-hydrogen) atoms. The molecule has 0 saturated carbocycles. The summed E-state index contributed by atoms with van der Waals surface area (Å²) in [4.78, 5) is 6.46. The minimum absolute atomic E-state index is 0.350. The fourth-order valence-electron chi connectivity index (χ4n) is 3.03. The van der Waals surface area contributed by atoms with E-state index >= 15 is 0 Å². The topological polar surface area (TPSA) is 51.1 Å². The Balaban J connectivity index is 1.28. The number of hydrogen-bond acceptors (Lipinski definition) is 7. The third-order valence-electron chi connectivity index (χ3n) is 4.13. The molecule has 1 atom stereocenters. The zero-order chi connectivity index (χ0) is 15.0. The van der Waals surface area contributed by atoms with E-state index in [1.54, 1.807) is 17.5 Å². The number of aryl methyl sites for hydroxylation is 1. The second-order valence-corrected chi connectivity index (χ2v) is 8.60. The highest BCUT2D eigenvalue weighted by atomic mass is 32.2. The van der Waals surface area contributed by atoms with E-state index in [-0.39, 0.29) is 0 Å². The predicted molar refractivity (Wildman–Crippen MR) is 89.5 cm³/mol. The standard InChI is InChI=1S/C15H18N4OS2/c1-11-17-18-14(22-11)19-9-15(10-19)5-13(8-21-15)20-7-12-3-2-4-16-6-12/h2-4,6,13H,5,7-10H2,1H3/t13-/m0/s1. The van der Waals surface area contributed by atoms with Gasteiger partial charge in [0.15, 0.2) is 0 Å². The summed E-state index contributed by atoms with van der Waals surface area (Å²) in [5, 5.41) is 10.4. The van der Waals surface area contributed by atoms with Crippen molar-refractivity contribution < 1.29 is 4.74 Å². The molecule has 0 aromatic carbocycles. The monoisotopic (exact) mass is 334 g/mol. The van der Waals surface area contributed by atoms with E-state index in [9.17, 15) is 0 Å². The molecule has 0 bridgehead atoms. The molecular weight excluding hydrogens is 316 g/mol. The molecule has 5 nitrogen and oxygen atoms in total. The third-order valence-corrected chi connectivity index (χ3v) is 6.60. The number of rotatable bonds is 4. The lowest BCUT2D eigenvalue weighted by molar-refractivity contribution is 0.0476. The van der Waals surface area contributed by atoms with Gasteiger partial charge in [-0.25, -0.2) is 0 Å². The molecule has 2 fully saturated rings. The van der Waals surface area contributed by atoms with E-state index in [2.05, 4.69) is 37.9 Å². The highest BCUT2D eigenvalue weighted by Crippen LogP contribution is 2.47. The van der Waals surface area contributed by atoms with Gasteiger partial charge in [0.1, 0.15) is 5.01 Å². The molecule has 4 heterocycles. The van der Waals surface area contributed by atoms with Crippen molar-refractivity contribution in [3.8, 4) is 0 Å². The van der Waals surface area contributed by atoms with Gasteiger partial charge in [-0.15, -0.1) is 22.0 Å². The number of pyridine rings is 1. The maximum absolute atomic E-state index is 6.06. The summed E-state index contributed by atoms with van der Waals surface area (Å²) < 4.78 is 6.42. The Morgan fingerprint density at radius 1 is 1.41 bits per heavy atom. The van der Waals surface area contributed by atoms with Crippen LogP contribution in [0.1, 0.15) is 17.0 Å². The molecule has 2 aliphatic rings. The van der Waals surface area contributed by atoms with Crippen molar-refractivity contribution in [1.29, 1.82) is 0 Å². The molecule has 116 valence electrons. The summed E-state index contributed by atoms with van der Waals surface area (Å²) in [6, 6.07) is 4.02. The van der Waals surface area contributed by atoms with Gasteiger partial charge in [0.05, 0.1) is 17.5 Å². The van der Waals surface area contributed by atoms with Crippen LogP contribution in [0, 0.1) is 6.92 Å². The molecule has 2 aromatic heterocycles. The Morgan fingerprint density at radius 3 is 3.05 bits per heavy atom. The van der Waals surface area contributed by atoms with Crippen LogP contribution < -0.4 is 4.90 Å². The normalized spacial score (nSPS) is 23.0. The van der Waals surface area contributed by atoms with Crippen LogP contribution in [0.15, 0.2) is 24.5 Å². The fraction of sp³-hybridized carbons (Fsp3) is 0.533. The van der Waals surface area contributed by atoms with Crippen LogP contribution in [-0.4, -0.2) is 44.9 Å². The van der Waals surface area contributed by atoms with Crippen LogP contribution in [0.3, 0.4) is 0 Å². The molecule has 0 N–H and O–H groups in total. The van der Waals surface area contributed by atoms with E-state index in [4.69, 9.17) is 4.74 Å². The van der Waals surface area contributed by atoms with Crippen molar-refractivity contribution in [3.63, 3.8) is 0 Å². The molecule has 0 aliphatic carbocycles. The summed E-state index contributed by atoms with van der Waals surface area (Å²) in [5.41, 5.74) is 1.15. The molecule has 1 spiro atoms. The summed E-state index contributed by atoms with van der Waals surface area (Å²) in [6.45, 7) is 4.80. The molecule has 4 rings (SSSR count). The van der Waals surface area contributed by atoms with Gasteiger partial charge in [-0.3, -0.25) is 4.98 Å². The van der Waals surface area contributed by atoms with Gasteiger partial charge in [0, 0.05) is 31.2 Å². The molecular formula is C15H18N4OS2. The maximum atomic E-state index is 6.06. The van der Waals surface area contributed by atoms with Gasteiger partial charge >= 0.3 is 0 Å². The van der Waals surface area contributed by atoms with Crippen molar-refractivity contribution in [2.45, 2.75) is 30.8 Å². The predicted octanol–water partition coefficient (Wildman–Crippen LogP) is 2.52. The van der Waals surface area contributed by atoms with E-state index in [1.807, 2.05) is 19.2 Å². The molecule has 2 aliphatic heterocycles. The molecule has 0 amide bonds. The zero-order valence-corrected chi connectivity index (χ0v) is 14.1. The largest absolute Gasteiger partial charge is 0.373 e. The molecule has 0 unspecified atom stereocenters. The second kappa shape index (κ2) is 5.79. The highest BCUT2D eigenvalue weighted by Gasteiger charge is 2.50. The lowest BCUT2D eigenvalue weighted by atomic mass is 9.93. The molecule has 2 saturated heterocycles. The molecule has 7 heteroatoms. The van der Waals surface area contributed by atoms with Gasteiger partial charge in [-0.1, -0.05) is 17.4 Å². The summed E-state index contributed by atoms with van der Waals surface area (Å²) in [7, 11) is 0. The quantitative estimate of drug-likeness (QED) is 0.856.